The average molecular weight is 248 g/mol. The van der Waals surface area contributed by atoms with Gasteiger partial charge in [-0.05, 0) is 61.2 Å². The van der Waals surface area contributed by atoms with E-state index in [1.54, 1.807) is 32.1 Å². The van der Waals surface area contributed by atoms with Gasteiger partial charge in [0.1, 0.15) is 0 Å². The van der Waals surface area contributed by atoms with Crippen molar-refractivity contribution in [2.24, 2.45) is 29.1 Å². The Morgan fingerprint density at radius 3 is 2.22 bits per heavy atom. The highest BCUT2D eigenvalue weighted by Gasteiger charge is 2.50. The largest absolute Gasteiger partial charge is 0.0648 e. The summed E-state index contributed by atoms with van der Waals surface area (Å²) in [6.45, 7) is 5.06. The second-order valence-electron chi connectivity index (χ2n) is 7.71. The minimum absolute atomic E-state index is 0.767. The maximum Gasteiger partial charge on any atom is -0.0269 e. The minimum Gasteiger partial charge on any atom is -0.0648 e. The number of hydrogen-bond donors (Lipinski definition) is 0. The van der Waals surface area contributed by atoms with Crippen molar-refractivity contribution < 1.29 is 0 Å². The van der Waals surface area contributed by atoms with Crippen LogP contribution in [0.25, 0.3) is 0 Å². The molecule has 3 rings (SSSR count). The summed E-state index contributed by atoms with van der Waals surface area (Å²) in [5, 5.41) is 0. The highest BCUT2D eigenvalue weighted by Crippen LogP contribution is 2.59. The third kappa shape index (κ3) is 2.04. The van der Waals surface area contributed by atoms with E-state index in [2.05, 4.69) is 13.8 Å². The summed E-state index contributed by atoms with van der Waals surface area (Å²) in [5.74, 6) is 4.36. The van der Waals surface area contributed by atoms with Crippen molar-refractivity contribution in [2.75, 3.05) is 0 Å². The topological polar surface area (TPSA) is 0 Å². The fraction of sp³-hybridized carbons (Fsp3) is 1.00. The maximum atomic E-state index is 2.56. The summed E-state index contributed by atoms with van der Waals surface area (Å²) in [6, 6.07) is 0. The van der Waals surface area contributed by atoms with Crippen LogP contribution in [0.5, 0.6) is 0 Å². The summed E-state index contributed by atoms with van der Waals surface area (Å²) >= 11 is 0. The van der Waals surface area contributed by atoms with Crippen LogP contribution in [0.1, 0.15) is 84.5 Å². The van der Waals surface area contributed by atoms with Gasteiger partial charge in [-0.25, -0.2) is 0 Å². The molecule has 4 unspecified atom stereocenters. The van der Waals surface area contributed by atoms with E-state index >= 15 is 0 Å². The van der Waals surface area contributed by atoms with Crippen molar-refractivity contribution in [3.63, 3.8) is 0 Å². The minimum atomic E-state index is 0.767. The van der Waals surface area contributed by atoms with Crippen molar-refractivity contribution in [3.05, 3.63) is 0 Å². The molecule has 0 nitrogen and oxygen atoms in total. The van der Waals surface area contributed by atoms with Gasteiger partial charge in [-0.3, -0.25) is 0 Å². The van der Waals surface area contributed by atoms with Crippen LogP contribution in [0, 0.1) is 29.1 Å². The first-order valence-electron chi connectivity index (χ1n) is 8.77. The fourth-order valence-electron chi connectivity index (χ4n) is 6.09. The Bertz CT molecular complexity index is 274. The van der Waals surface area contributed by atoms with E-state index in [1.165, 1.54) is 38.5 Å². The van der Waals surface area contributed by atoms with Crippen molar-refractivity contribution >= 4 is 0 Å². The summed E-state index contributed by atoms with van der Waals surface area (Å²) in [4.78, 5) is 0. The molecule has 0 saturated heterocycles. The third-order valence-corrected chi connectivity index (χ3v) is 7.09. The molecule has 18 heavy (non-hydrogen) atoms. The molecule has 0 bridgehead atoms. The van der Waals surface area contributed by atoms with Crippen LogP contribution in [0.3, 0.4) is 0 Å². The second kappa shape index (κ2) is 5.17. The molecule has 0 aromatic carbocycles. The summed E-state index contributed by atoms with van der Waals surface area (Å²) in [5.41, 5.74) is 0.767. The Balaban J connectivity index is 1.81. The lowest BCUT2D eigenvalue weighted by molar-refractivity contribution is 0.0431. The molecule has 0 heterocycles. The van der Waals surface area contributed by atoms with Crippen LogP contribution in [0.4, 0.5) is 0 Å². The predicted molar refractivity (Wildman–Crippen MR) is 78.5 cm³/mol. The van der Waals surface area contributed by atoms with Crippen molar-refractivity contribution in [3.8, 4) is 0 Å². The molecule has 104 valence electrons. The van der Waals surface area contributed by atoms with Gasteiger partial charge in [0, 0.05) is 0 Å². The van der Waals surface area contributed by atoms with E-state index in [-0.39, 0.29) is 0 Å². The van der Waals surface area contributed by atoms with E-state index in [0.29, 0.717) is 0 Å². The molecule has 0 aromatic rings. The molecular formula is C18H32. The zero-order chi connectivity index (χ0) is 12.6. The van der Waals surface area contributed by atoms with Crippen molar-refractivity contribution in [1.82, 2.24) is 0 Å². The molecule has 3 saturated carbocycles. The molecule has 3 fully saturated rings. The standard InChI is InChI=1S/C18H32/c1-3-18(11-7-4-8-12-18)17-13-14(2)15-9-5-6-10-16(15)17/h14-17H,3-13H2,1-2H3. The van der Waals surface area contributed by atoms with Gasteiger partial charge in [0.15, 0.2) is 0 Å². The van der Waals surface area contributed by atoms with Crippen LogP contribution in [0.15, 0.2) is 0 Å². The van der Waals surface area contributed by atoms with Gasteiger partial charge in [0.2, 0.25) is 0 Å². The smallest absolute Gasteiger partial charge is 0.0269 e. The van der Waals surface area contributed by atoms with Crippen LogP contribution >= 0.6 is 0 Å². The zero-order valence-electron chi connectivity index (χ0n) is 12.6. The molecule has 0 amide bonds. The van der Waals surface area contributed by atoms with Crippen LogP contribution in [-0.4, -0.2) is 0 Å². The van der Waals surface area contributed by atoms with E-state index in [1.807, 2.05) is 0 Å². The van der Waals surface area contributed by atoms with E-state index in [0.717, 1.165) is 29.1 Å². The Labute approximate surface area is 114 Å². The molecule has 0 heteroatoms. The van der Waals surface area contributed by atoms with Gasteiger partial charge in [0.05, 0.1) is 0 Å². The Kier molecular flexibility index (Phi) is 3.74. The van der Waals surface area contributed by atoms with Crippen molar-refractivity contribution in [1.29, 1.82) is 0 Å². The lowest BCUT2D eigenvalue weighted by Gasteiger charge is -2.46. The lowest BCUT2D eigenvalue weighted by atomic mass is 9.59. The van der Waals surface area contributed by atoms with Crippen LogP contribution in [-0.2, 0) is 0 Å². The van der Waals surface area contributed by atoms with Crippen LogP contribution < -0.4 is 0 Å². The van der Waals surface area contributed by atoms with E-state index < -0.39 is 0 Å². The van der Waals surface area contributed by atoms with Gasteiger partial charge in [-0.2, -0.15) is 0 Å². The second-order valence-corrected chi connectivity index (χ2v) is 7.71. The first-order valence-corrected chi connectivity index (χ1v) is 8.77. The molecule has 0 spiro atoms. The fourth-order valence-corrected chi connectivity index (χ4v) is 6.09. The lowest BCUT2D eigenvalue weighted by Crippen LogP contribution is -2.36. The maximum absolute atomic E-state index is 2.56. The first kappa shape index (κ1) is 13.0. The molecule has 3 aliphatic carbocycles. The van der Waals surface area contributed by atoms with Gasteiger partial charge < -0.3 is 0 Å². The molecule has 4 atom stereocenters. The Hall–Kier alpha value is 0. The van der Waals surface area contributed by atoms with E-state index in [9.17, 15) is 0 Å². The Morgan fingerprint density at radius 2 is 1.56 bits per heavy atom. The molecular weight excluding hydrogens is 216 g/mol. The predicted octanol–water partition coefficient (Wildman–Crippen LogP) is 5.81. The highest BCUT2D eigenvalue weighted by atomic mass is 14.6. The SMILES string of the molecule is CCC1(C2CC(C)C3CCCCC32)CCCCC1. The monoisotopic (exact) mass is 248 g/mol. The summed E-state index contributed by atoms with van der Waals surface area (Å²) < 4.78 is 0. The molecule has 0 N–H and O–H groups in total. The Morgan fingerprint density at radius 1 is 0.889 bits per heavy atom. The average Bonchev–Trinajstić information content (AvgIpc) is 2.78. The summed E-state index contributed by atoms with van der Waals surface area (Å²) in [7, 11) is 0. The molecule has 0 radical (unpaired) electrons. The highest BCUT2D eigenvalue weighted by molar-refractivity contribution is 5.00. The number of hydrogen-bond acceptors (Lipinski definition) is 0. The normalized spacial score (nSPS) is 43.7. The van der Waals surface area contributed by atoms with Gasteiger partial charge in [-0.15, -0.1) is 0 Å². The number of fused-ring (bicyclic) bond motifs is 1. The third-order valence-electron chi connectivity index (χ3n) is 7.09. The summed E-state index contributed by atoms with van der Waals surface area (Å²) in [6.07, 6.45) is 16.9. The molecule has 0 aromatic heterocycles. The van der Waals surface area contributed by atoms with E-state index in [4.69, 9.17) is 0 Å². The van der Waals surface area contributed by atoms with Crippen molar-refractivity contribution in [2.45, 2.75) is 84.5 Å². The number of rotatable bonds is 2. The quantitative estimate of drug-likeness (QED) is 0.578. The first-order chi connectivity index (χ1) is 8.77. The van der Waals surface area contributed by atoms with Gasteiger partial charge in [-0.1, -0.05) is 52.4 Å². The van der Waals surface area contributed by atoms with Crippen LogP contribution in [0.2, 0.25) is 0 Å². The molecule has 0 aliphatic heterocycles. The van der Waals surface area contributed by atoms with Gasteiger partial charge in [0.25, 0.3) is 0 Å². The van der Waals surface area contributed by atoms with Gasteiger partial charge >= 0.3 is 0 Å². The zero-order valence-corrected chi connectivity index (χ0v) is 12.6. The molecule has 3 aliphatic rings.